The van der Waals surface area contributed by atoms with Crippen molar-refractivity contribution in [1.29, 1.82) is 0 Å². The largest absolute Gasteiger partial charge is 0.383 e. The van der Waals surface area contributed by atoms with Gasteiger partial charge in [-0.3, -0.25) is 0 Å². The van der Waals surface area contributed by atoms with Crippen LogP contribution in [0.1, 0.15) is 18.4 Å². The first-order valence-electron chi connectivity index (χ1n) is 7.18. The van der Waals surface area contributed by atoms with Crippen molar-refractivity contribution in [3.63, 3.8) is 0 Å². The van der Waals surface area contributed by atoms with Gasteiger partial charge in [-0.05, 0) is 24.5 Å². The highest BCUT2D eigenvalue weighted by atomic mass is 32.2. The topological polar surface area (TPSA) is 71.5 Å². The van der Waals surface area contributed by atoms with Crippen LogP contribution in [0.2, 0.25) is 0 Å². The molecule has 3 rings (SSSR count). The maximum absolute atomic E-state index is 12.5. The zero-order valence-corrected chi connectivity index (χ0v) is 14.0. The van der Waals surface area contributed by atoms with Crippen LogP contribution >= 0.6 is 11.3 Å². The Labute approximate surface area is 134 Å². The number of rotatable bonds is 6. The van der Waals surface area contributed by atoms with E-state index in [0.717, 1.165) is 28.6 Å². The molecule has 120 valence electrons. The molecule has 2 aromatic rings. The van der Waals surface area contributed by atoms with E-state index in [0.29, 0.717) is 13.2 Å². The highest BCUT2D eigenvalue weighted by molar-refractivity contribution is 7.87. The van der Waals surface area contributed by atoms with Crippen LogP contribution in [0.5, 0.6) is 0 Å². The quantitative estimate of drug-likeness (QED) is 0.869. The summed E-state index contributed by atoms with van der Waals surface area (Å²) in [7, 11) is -1.90. The minimum absolute atomic E-state index is 0.0679. The number of hydrogen-bond acceptors (Lipinski definition) is 5. The van der Waals surface area contributed by atoms with Gasteiger partial charge in [0.15, 0.2) is 0 Å². The molecule has 0 saturated carbocycles. The molecule has 22 heavy (non-hydrogen) atoms. The molecular formula is C14H19N3O3S2. The smallest absolute Gasteiger partial charge is 0.280 e. The Bertz CT molecular complexity index is 745. The summed E-state index contributed by atoms with van der Waals surface area (Å²) >= 11 is 1.53. The molecule has 1 fully saturated rings. The molecule has 0 bridgehead atoms. The minimum atomic E-state index is -3.49. The second-order valence-corrected chi connectivity index (χ2v) is 7.87. The molecule has 1 aliphatic rings. The summed E-state index contributed by atoms with van der Waals surface area (Å²) in [6.07, 6.45) is 1.72. The normalized spacial score (nSPS) is 20.0. The number of aromatic nitrogens is 1. The van der Waals surface area contributed by atoms with E-state index in [9.17, 15) is 8.42 Å². The summed E-state index contributed by atoms with van der Waals surface area (Å²) in [5.41, 5.74) is 3.63. The van der Waals surface area contributed by atoms with Gasteiger partial charge in [-0.15, -0.1) is 11.3 Å². The van der Waals surface area contributed by atoms with E-state index < -0.39 is 10.2 Å². The molecule has 0 aliphatic carbocycles. The maximum Gasteiger partial charge on any atom is 0.280 e. The van der Waals surface area contributed by atoms with Crippen molar-refractivity contribution in [2.24, 2.45) is 0 Å². The zero-order chi connectivity index (χ0) is 15.6. The van der Waals surface area contributed by atoms with Gasteiger partial charge in [0.05, 0.1) is 22.3 Å². The van der Waals surface area contributed by atoms with Crippen molar-refractivity contribution < 1.29 is 13.2 Å². The van der Waals surface area contributed by atoms with Gasteiger partial charge >= 0.3 is 0 Å². The average Bonchev–Trinajstić information content (AvgIpc) is 3.14. The fraction of sp³-hybridized carbons (Fsp3) is 0.500. The number of fused-ring (bicyclic) bond motifs is 1. The van der Waals surface area contributed by atoms with Gasteiger partial charge in [0, 0.05) is 26.2 Å². The average molecular weight is 341 g/mol. The van der Waals surface area contributed by atoms with Crippen molar-refractivity contribution in [2.45, 2.75) is 25.4 Å². The molecule has 1 aromatic carbocycles. The van der Waals surface area contributed by atoms with Crippen molar-refractivity contribution in [2.75, 3.05) is 20.3 Å². The molecule has 1 atom stereocenters. The molecule has 1 N–H and O–H groups in total. The van der Waals surface area contributed by atoms with Crippen LogP contribution in [0.3, 0.4) is 0 Å². The molecule has 8 heteroatoms. The lowest BCUT2D eigenvalue weighted by Gasteiger charge is -2.23. The highest BCUT2D eigenvalue weighted by Gasteiger charge is 2.33. The molecule has 1 unspecified atom stereocenters. The molecule has 0 amide bonds. The molecule has 6 nitrogen and oxygen atoms in total. The van der Waals surface area contributed by atoms with E-state index in [1.54, 1.807) is 12.6 Å². The SMILES string of the molecule is COCC1CCCN1S(=O)(=O)NCc1cccc2ncsc12. The summed E-state index contributed by atoms with van der Waals surface area (Å²) in [6.45, 7) is 1.26. The van der Waals surface area contributed by atoms with Gasteiger partial charge in [0.25, 0.3) is 10.2 Å². The predicted octanol–water partition coefficient (Wildman–Crippen LogP) is 1.74. The Morgan fingerprint density at radius 1 is 1.50 bits per heavy atom. The maximum atomic E-state index is 12.5. The standard InChI is InChI=1S/C14H19N3O3S2/c1-20-9-12-5-3-7-17(12)22(18,19)16-8-11-4-2-6-13-14(11)21-10-15-13/h2,4,6,10,12,16H,3,5,7-9H2,1H3. The summed E-state index contributed by atoms with van der Waals surface area (Å²) in [5, 5.41) is 0. The fourth-order valence-electron chi connectivity index (χ4n) is 2.82. The molecule has 0 spiro atoms. The van der Waals surface area contributed by atoms with E-state index in [2.05, 4.69) is 9.71 Å². The lowest BCUT2D eigenvalue weighted by molar-refractivity contribution is 0.148. The molecular weight excluding hydrogens is 322 g/mol. The monoisotopic (exact) mass is 341 g/mol. The lowest BCUT2D eigenvalue weighted by atomic mass is 10.2. The van der Waals surface area contributed by atoms with E-state index in [1.165, 1.54) is 15.6 Å². The molecule has 0 radical (unpaired) electrons. The zero-order valence-electron chi connectivity index (χ0n) is 12.4. The number of ether oxygens (including phenoxy) is 1. The third-order valence-corrected chi connectivity index (χ3v) is 6.40. The summed E-state index contributed by atoms with van der Waals surface area (Å²) in [6, 6.07) is 5.69. The van der Waals surface area contributed by atoms with Crippen molar-refractivity contribution in [3.05, 3.63) is 29.3 Å². The lowest BCUT2D eigenvalue weighted by Crippen LogP contribution is -2.44. The van der Waals surface area contributed by atoms with Crippen molar-refractivity contribution in [3.8, 4) is 0 Å². The Balaban J connectivity index is 1.73. The van der Waals surface area contributed by atoms with E-state index in [4.69, 9.17) is 4.74 Å². The van der Waals surface area contributed by atoms with Gasteiger partial charge in [-0.1, -0.05) is 12.1 Å². The van der Waals surface area contributed by atoms with Gasteiger partial charge in [0.1, 0.15) is 0 Å². The first-order valence-corrected chi connectivity index (χ1v) is 9.50. The predicted molar refractivity (Wildman–Crippen MR) is 87.0 cm³/mol. The fourth-order valence-corrected chi connectivity index (χ4v) is 5.06. The van der Waals surface area contributed by atoms with Crippen LogP contribution in [0.25, 0.3) is 10.2 Å². The number of nitrogens with zero attached hydrogens (tertiary/aromatic N) is 2. The second kappa shape index (κ2) is 6.59. The molecule has 2 heterocycles. The van der Waals surface area contributed by atoms with Gasteiger partial charge in [0.2, 0.25) is 0 Å². The number of nitrogens with one attached hydrogen (secondary N) is 1. The van der Waals surface area contributed by atoms with Crippen LogP contribution < -0.4 is 4.72 Å². The number of methoxy groups -OCH3 is 1. The van der Waals surface area contributed by atoms with Crippen LogP contribution in [0, 0.1) is 0 Å². The molecule has 1 aromatic heterocycles. The number of benzene rings is 1. The third-order valence-electron chi connectivity index (χ3n) is 3.87. The van der Waals surface area contributed by atoms with Crippen molar-refractivity contribution in [1.82, 2.24) is 14.0 Å². The Morgan fingerprint density at radius 3 is 3.18 bits per heavy atom. The first kappa shape index (κ1) is 15.8. The van der Waals surface area contributed by atoms with Crippen LogP contribution in [-0.4, -0.2) is 44.0 Å². The Hall–Kier alpha value is -1.06. The van der Waals surface area contributed by atoms with E-state index in [1.807, 2.05) is 18.2 Å². The van der Waals surface area contributed by atoms with Gasteiger partial charge in [-0.2, -0.15) is 17.4 Å². The van der Waals surface area contributed by atoms with E-state index >= 15 is 0 Å². The Kier molecular flexibility index (Phi) is 4.74. The Morgan fingerprint density at radius 2 is 2.36 bits per heavy atom. The molecule has 1 aliphatic heterocycles. The van der Waals surface area contributed by atoms with Crippen LogP contribution in [0.4, 0.5) is 0 Å². The number of hydrogen-bond donors (Lipinski definition) is 1. The van der Waals surface area contributed by atoms with Gasteiger partial charge < -0.3 is 4.74 Å². The summed E-state index contributed by atoms with van der Waals surface area (Å²) < 4.78 is 35.4. The van der Waals surface area contributed by atoms with Gasteiger partial charge in [-0.25, -0.2) is 4.98 Å². The second-order valence-electron chi connectivity index (χ2n) is 5.31. The van der Waals surface area contributed by atoms with Crippen LogP contribution in [0.15, 0.2) is 23.7 Å². The van der Waals surface area contributed by atoms with E-state index in [-0.39, 0.29) is 12.6 Å². The third kappa shape index (κ3) is 3.16. The summed E-state index contributed by atoms with van der Waals surface area (Å²) in [5.74, 6) is 0. The highest BCUT2D eigenvalue weighted by Crippen LogP contribution is 2.24. The minimum Gasteiger partial charge on any atom is -0.383 e. The number of thiazole rings is 1. The molecule has 1 saturated heterocycles. The first-order chi connectivity index (χ1) is 10.6. The van der Waals surface area contributed by atoms with Crippen molar-refractivity contribution >= 4 is 31.8 Å². The van der Waals surface area contributed by atoms with Crippen LogP contribution in [-0.2, 0) is 21.5 Å². The summed E-state index contributed by atoms with van der Waals surface area (Å²) in [4.78, 5) is 4.25.